The maximum atomic E-state index is 12.3. The lowest BCUT2D eigenvalue weighted by Crippen LogP contribution is -2.24. The van der Waals surface area contributed by atoms with Crippen molar-refractivity contribution in [1.29, 1.82) is 0 Å². The Morgan fingerprint density at radius 1 is 1.00 bits per heavy atom. The third-order valence-corrected chi connectivity index (χ3v) is 5.21. The van der Waals surface area contributed by atoms with Crippen LogP contribution in [0.5, 0.6) is 0 Å². The Bertz CT molecular complexity index is 823. The van der Waals surface area contributed by atoms with Gasteiger partial charge in [-0.15, -0.1) is 0 Å². The molecule has 0 saturated heterocycles. The van der Waals surface area contributed by atoms with Crippen LogP contribution in [-0.4, -0.2) is 20.9 Å². The van der Waals surface area contributed by atoms with Crippen molar-refractivity contribution in [2.75, 3.05) is 11.9 Å². The third-order valence-electron chi connectivity index (χ3n) is 3.73. The first-order chi connectivity index (χ1) is 11.8. The number of benzene rings is 2. The molecule has 0 fully saturated rings. The molecule has 2 aromatic carbocycles. The lowest BCUT2D eigenvalue weighted by atomic mass is 10.1. The van der Waals surface area contributed by atoms with Gasteiger partial charge in [-0.2, -0.15) is 0 Å². The van der Waals surface area contributed by atoms with E-state index in [-0.39, 0.29) is 10.8 Å². The van der Waals surface area contributed by atoms with Gasteiger partial charge < -0.3 is 5.32 Å². The van der Waals surface area contributed by atoms with E-state index in [4.69, 9.17) is 0 Å². The first-order valence-electron chi connectivity index (χ1n) is 8.31. The average molecular weight is 360 g/mol. The molecule has 5 nitrogen and oxygen atoms in total. The van der Waals surface area contributed by atoms with Gasteiger partial charge in [-0.1, -0.05) is 19.4 Å². The summed E-state index contributed by atoms with van der Waals surface area (Å²) in [6.07, 6.45) is 1.70. The van der Waals surface area contributed by atoms with Crippen LogP contribution in [0, 0.1) is 13.8 Å². The molecule has 0 aliphatic carbocycles. The van der Waals surface area contributed by atoms with Crippen molar-refractivity contribution < 1.29 is 13.2 Å². The van der Waals surface area contributed by atoms with Crippen molar-refractivity contribution in [3.05, 3.63) is 59.2 Å². The van der Waals surface area contributed by atoms with E-state index in [1.165, 1.54) is 24.3 Å². The number of sulfonamides is 1. The molecule has 0 atom stereocenters. The summed E-state index contributed by atoms with van der Waals surface area (Å²) in [5, 5.41) is 2.84. The number of nitrogens with one attached hydrogen (secondary N) is 2. The van der Waals surface area contributed by atoms with Crippen LogP contribution >= 0.6 is 0 Å². The van der Waals surface area contributed by atoms with Crippen LogP contribution in [-0.2, 0) is 10.0 Å². The van der Waals surface area contributed by atoms with Crippen LogP contribution in [0.25, 0.3) is 0 Å². The summed E-state index contributed by atoms with van der Waals surface area (Å²) in [7, 11) is -3.53. The Labute approximate surface area is 149 Å². The van der Waals surface area contributed by atoms with E-state index in [9.17, 15) is 13.2 Å². The summed E-state index contributed by atoms with van der Waals surface area (Å²) < 4.78 is 26.8. The molecule has 6 heteroatoms. The van der Waals surface area contributed by atoms with Gasteiger partial charge in [0.2, 0.25) is 10.0 Å². The standard InChI is InChI=1S/C19H24N2O3S/c1-4-5-10-20-25(23,24)18-8-6-16(7-9-18)19(22)21-17-12-14(2)11-15(3)13-17/h6-9,11-13,20H,4-5,10H2,1-3H3,(H,21,22). The number of aryl methyl sites for hydroxylation is 2. The Balaban J connectivity index is 2.09. The minimum atomic E-state index is -3.53. The van der Waals surface area contributed by atoms with Gasteiger partial charge in [0.1, 0.15) is 0 Å². The zero-order valence-corrected chi connectivity index (χ0v) is 15.6. The Kier molecular flexibility index (Phi) is 6.33. The topological polar surface area (TPSA) is 75.3 Å². The second kappa shape index (κ2) is 8.27. The van der Waals surface area contributed by atoms with Gasteiger partial charge in [-0.25, -0.2) is 13.1 Å². The van der Waals surface area contributed by atoms with E-state index in [1.54, 1.807) is 0 Å². The van der Waals surface area contributed by atoms with Gasteiger partial charge in [0.05, 0.1) is 4.90 Å². The number of carbonyl (C=O) groups is 1. The minimum Gasteiger partial charge on any atom is -0.322 e. The average Bonchev–Trinajstić information content (AvgIpc) is 2.54. The maximum absolute atomic E-state index is 12.3. The lowest BCUT2D eigenvalue weighted by molar-refractivity contribution is 0.102. The van der Waals surface area contributed by atoms with E-state index in [1.807, 2.05) is 39.0 Å². The van der Waals surface area contributed by atoms with Crippen LogP contribution in [0.15, 0.2) is 47.4 Å². The zero-order chi connectivity index (χ0) is 18.4. The van der Waals surface area contributed by atoms with E-state index in [0.717, 1.165) is 29.7 Å². The molecule has 25 heavy (non-hydrogen) atoms. The molecule has 2 N–H and O–H groups in total. The molecule has 0 aliphatic rings. The fraction of sp³-hybridized carbons (Fsp3) is 0.316. The van der Waals surface area contributed by atoms with Crippen molar-refractivity contribution in [2.24, 2.45) is 0 Å². The summed E-state index contributed by atoms with van der Waals surface area (Å²) in [6.45, 7) is 6.34. The van der Waals surface area contributed by atoms with Gasteiger partial charge in [0.25, 0.3) is 5.91 Å². The number of amides is 1. The highest BCUT2D eigenvalue weighted by Crippen LogP contribution is 2.16. The van der Waals surface area contributed by atoms with Gasteiger partial charge in [-0.05, 0) is 67.8 Å². The second-order valence-electron chi connectivity index (χ2n) is 6.11. The molecular formula is C19H24N2O3S. The van der Waals surface area contributed by atoms with Crippen molar-refractivity contribution in [3.8, 4) is 0 Å². The van der Waals surface area contributed by atoms with E-state index in [0.29, 0.717) is 12.1 Å². The van der Waals surface area contributed by atoms with Crippen LogP contribution in [0.1, 0.15) is 41.3 Å². The summed E-state index contributed by atoms with van der Waals surface area (Å²) in [4.78, 5) is 12.5. The summed E-state index contributed by atoms with van der Waals surface area (Å²) in [5.41, 5.74) is 3.26. The number of hydrogen-bond acceptors (Lipinski definition) is 3. The quantitative estimate of drug-likeness (QED) is 0.740. The SMILES string of the molecule is CCCCNS(=O)(=O)c1ccc(C(=O)Nc2cc(C)cc(C)c2)cc1. The first kappa shape index (κ1) is 19.1. The number of anilines is 1. The van der Waals surface area contributed by atoms with Crippen molar-refractivity contribution in [1.82, 2.24) is 4.72 Å². The van der Waals surface area contributed by atoms with E-state index in [2.05, 4.69) is 10.0 Å². The normalized spacial score (nSPS) is 11.3. The predicted molar refractivity (Wildman–Crippen MR) is 100 cm³/mol. The highest BCUT2D eigenvalue weighted by Gasteiger charge is 2.14. The lowest BCUT2D eigenvalue weighted by Gasteiger charge is -2.09. The Morgan fingerprint density at radius 3 is 2.16 bits per heavy atom. The smallest absolute Gasteiger partial charge is 0.255 e. The van der Waals surface area contributed by atoms with Crippen LogP contribution in [0.2, 0.25) is 0 Å². The summed E-state index contributed by atoms with van der Waals surface area (Å²) >= 11 is 0. The number of unbranched alkanes of at least 4 members (excludes halogenated alkanes) is 1. The van der Waals surface area contributed by atoms with Crippen LogP contribution in [0.3, 0.4) is 0 Å². The molecule has 134 valence electrons. The molecule has 0 spiro atoms. The van der Waals surface area contributed by atoms with Crippen molar-refractivity contribution >= 4 is 21.6 Å². The highest BCUT2D eigenvalue weighted by molar-refractivity contribution is 7.89. The Hall–Kier alpha value is -2.18. The molecule has 0 aliphatic heterocycles. The molecule has 1 amide bonds. The van der Waals surface area contributed by atoms with E-state index >= 15 is 0 Å². The molecule has 2 rings (SSSR count). The number of carbonyl (C=O) groups excluding carboxylic acids is 1. The van der Waals surface area contributed by atoms with Crippen LogP contribution < -0.4 is 10.0 Å². The van der Waals surface area contributed by atoms with E-state index < -0.39 is 10.0 Å². The zero-order valence-electron chi connectivity index (χ0n) is 14.8. The second-order valence-corrected chi connectivity index (χ2v) is 7.87. The van der Waals surface area contributed by atoms with Crippen LogP contribution in [0.4, 0.5) is 5.69 Å². The number of hydrogen-bond donors (Lipinski definition) is 2. The van der Waals surface area contributed by atoms with Gasteiger partial charge in [0, 0.05) is 17.8 Å². The largest absolute Gasteiger partial charge is 0.322 e. The van der Waals surface area contributed by atoms with Gasteiger partial charge in [0.15, 0.2) is 0 Å². The first-order valence-corrected chi connectivity index (χ1v) is 9.79. The highest BCUT2D eigenvalue weighted by atomic mass is 32.2. The number of rotatable bonds is 7. The van der Waals surface area contributed by atoms with Gasteiger partial charge in [-0.3, -0.25) is 4.79 Å². The predicted octanol–water partition coefficient (Wildman–Crippen LogP) is 3.63. The maximum Gasteiger partial charge on any atom is 0.255 e. The van der Waals surface area contributed by atoms with Crippen molar-refractivity contribution in [2.45, 2.75) is 38.5 Å². The van der Waals surface area contributed by atoms with Gasteiger partial charge >= 0.3 is 0 Å². The molecule has 0 bridgehead atoms. The molecule has 0 aromatic heterocycles. The fourth-order valence-corrected chi connectivity index (χ4v) is 3.58. The monoisotopic (exact) mass is 360 g/mol. The molecular weight excluding hydrogens is 336 g/mol. The fourth-order valence-electron chi connectivity index (χ4n) is 2.50. The summed E-state index contributed by atoms with van der Waals surface area (Å²) in [5.74, 6) is -0.270. The molecule has 0 saturated carbocycles. The Morgan fingerprint density at radius 2 is 1.60 bits per heavy atom. The molecule has 0 radical (unpaired) electrons. The molecule has 0 heterocycles. The molecule has 2 aromatic rings. The third kappa shape index (κ3) is 5.41. The molecule has 0 unspecified atom stereocenters. The van der Waals surface area contributed by atoms with Crippen molar-refractivity contribution in [3.63, 3.8) is 0 Å². The minimum absolute atomic E-state index is 0.159. The summed E-state index contributed by atoms with van der Waals surface area (Å²) in [6, 6.07) is 11.7.